The summed E-state index contributed by atoms with van der Waals surface area (Å²) < 4.78 is 10.5. The van der Waals surface area contributed by atoms with Crippen molar-refractivity contribution in [1.29, 1.82) is 0 Å². The smallest absolute Gasteiger partial charge is 0.240 e. The van der Waals surface area contributed by atoms with Crippen LogP contribution in [0.4, 0.5) is 0 Å². The lowest BCUT2D eigenvalue weighted by Gasteiger charge is -2.03. The molecule has 2 amide bonds. The predicted octanol–water partition coefficient (Wildman–Crippen LogP) is 3.20. The van der Waals surface area contributed by atoms with Gasteiger partial charge in [0.15, 0.2) is 0 Å². The van der Waals surface area contributed by atoms with Gasteiger partial charge in [0, 0.05) is 37.1 Å². The average molecular weight is 386 g/mol. The van der Waals surface area contributed by atoms with Crippen LogP contribution in [0, 0.1) is 0 Å². The van der Waals surface area contributed by atoms with Crippen LogP contribution in [0.1, 0.15) is 51.1 Å². The van der Waals surface area contributed by atoms with Crippen molar-refractivity contribution in [3.05, 3.63) is 48.3 Å². The third-order valence-corrected chi connectivity index (χ3v) is 3.95. The third kappa shape index (κ3) is 8.48. The number of carbonyl (C=O) groups excluding carboxylic acids is 2. The van der Waals surface area contributed by atoms with E-state index in [9.17, 15) is 9.59 Å². The predicted molar refractivity (Wildman–Crippen MR) is 106 cm³/mol. The fraction of sp³-hybridized carbons (Fsp3) is 0.400. The van der Waals surface area contributed by atoms with Gasteiger partial charge in [0.1, 0.15) is 11.5 Å². The summed E-state index contributed by atoms with van der Waals surface area (Å²) in [5.74, 6) is 1.12. The highest BCUT2D eigenvalue weighted by Crippen LogP contribution is 2.05. The number of hydrogen-bond donors (Lipinski definition) is 2. The van der Waals surface area contributed by atoms with Gasteiger partial charge >= 0.3 is 0 Å². The van der Waals surface area contributed by atoms with Crippen molar-refractivity contribution in [2.24, 2.45) is 10.2 Å². The first kappa shape index (κ1) is 21.1. The normalized spacial score (nSPS) is 12.1. The van der Waals surface area contributed by atoms with E-state index >= 15 is 0 Å². The van der Waals surface area contributed by atoms with Crippen LogP contribution in [0.15, 0.2) is 55.8 Å². The first-order chi connectivity index (χ1) is 13.5. The van der Waals surface area contributed by atoms with Gasteiger partial charge in [-0.05, 0) is 51.0 Å². The van der Waals surface area contributed by atoms with Crippen molar-refractivity contribution < 1.29 is 18.4 Å². The van der Waals surface area contributed by atoms with E-state index in [1.54, 1.807) is 12.5 Å². The van der Waals surface area contributed by atoms with E-state index in [1.807, 2.05) is 38.1 Å². The summed E-state index contributed by atoms with van der Waals surface area (Å²) in [6, 6.07) is 7.45. The fourth-order valence-electron chi connectivity index (χ4n) is 2.28. The van der Waals surface area contributed by atoms with E-state index in [0.29, 0.717) is 12.8 Å². The van der Waals surface area contributed by atoms with Gasteiger partial charge < -0.3 is 8.83 Å². The number of aryl methyl sites for hydroxylation is 2. The zero-order chi connectivity index (χ0) is 20.2. The summed E-state index contributed by atoms with van der Waals surface area (Å²) in [5.41, 5.74) is 6.49. The maximum Gasteiger partial charge on any atom is 0.240 e. The molecule has 0 radical (unpaired) electrons. The van der Waals surface area contributed by atoms with Crippen molar-refractivity contribution in [2.75, 3.05) is 0 Å². The molecule has 0 fully saturated rings. The number of amides is 2. The number of rotatable bonds is 11. The van der Waals surface area contributed by atoms with Gasteiger partial charge in [0.05, 0.1) is 12.5 Å². The lowest BCUT2D eigenvalue weighted by Crippen LogP contribution is -2.24. The Bertz CT molecular complexity index is 724. The summed E-state index contributed by atoms with van der Waals surface area (Å²) in [6.07, 6.45) is 6.14. The maximum absolute atomic E-state index is 11.8. The van der Waals surface area contributed by atoms with Crippen molar-refractivity contribution in [1.82, 2.24) is 10.9 Å². The molecule has 2 N–H and O–H groups in total. The Hall–Kier alpha value is -3.16. The first-order valence-electron chi connectivity index (χ1n) is 9.21. The molecule has 2 rings (SSSR count). The highest BCUT2D eigenvalue weighted by Gasteiger charge is 2.07. The lowest BCUT2D eigenvalue weighted by atomic mass is 10.2. The first-order valence-corrected chi connectivity index (χ1v) is 9.21. The zero-order valence-corrected chi connectivity index (χ0v) is 16.2. The van der Waals surface area contributed by atoms with Gasteiger partial charge in [-0.15, -0.1) is 0 Å². The summed E-state index contributed by atoms with van der Waals surface area (Å²) >= 11 is 0. The van der Waals surface area contributed by atoms with Crippen LogP contribution in [0.2, 0.25) is 0 Å². The second kappa shape index (κ2) is 11.5. The number of nitrogens with zero attached hydrogens (tertiary/aromatic N) is 2. The van der Waals surface area contributed by atoms with Crippen LogP contribution in [-0.2, 0) is 22.4 Å². The highest BCUT2D eigenvalue weighted by atomic mass is 16.3. The molecule has 0 aliphatic carbocycles. The van der Waals surface area contributed by atoms with Crippen molar-refractivity contribution in [3.63, 3.8) is 0 Å². The number of furan rings is 2. The Morgan fingerprint density at radius 2 is 1.21 bits per heavy atom. The van der Waals surface area contributed by atoms with E-state index in [2.05, 4.69) is 21.1 Å². The van der Waals surface area contributed by atoms with Crippen molar-refractivity contribution in [3.8, 4) is 0 Å². The summed E-state index contributed by atoms with van der Waals surface area (Å²) in [4.78, 5) is 23.6. The molecule has 0 spiro atoms. The largest absolute Gasteiger partial charge is 0.469 e. The van der Waals surface area contributed by atoms with Crippen LogP contribution >= 0.6 is 0 Å². The standard InChI is InChI=1S/C20H26N4O4/c1-15(7-9-17-5-3-13-27-17)21-23-19(25)11-12-20(26)24-22-16(2)8-10-18-6-4-14-28-18/h3-6,13-14H,7-12H2,1-2H3,(H,23,25)(H,24,26). The van der Waals surface area contributed by atoms with Gasteiger partial charge in [-0.25, -0.2) is 10.9 Å². The molecule has 28 heavy (non-hydrogen) atoms. The van der Waals surface area contributed by atoms with Gasteiger partial charge in [-0.1, -0.05) is 0 Å². The van der Waals surface area contributed by atoms with Gasteiger partial charge in [-0.3, -0.25) is 9.59 Å². The molecule has 0 aliphatic heterocycles. The van der Waals surface area contributed by atoms with Crippen LogP contribution < -0.4 is 10.9 Å². The SMILES string of the molecule is CC(CCc1ccco1)=NNC(=O)CCC(=O)NN=C(C)CCc1ccco1. The molecule has 0 aliphatic rings. The second-order valence-electron chi connectivity index (χ2n) is 6.42. The molecule has 0 aromatic carbocycles. The van der Waals surface area contributed by atoms with Gasteiger partial charge in [0.2, 0.25) is 11.8 Å². The molecule has 0 atom stereocenters. The van der Waals surface area contributed by atoms with E-state index in [4.69, 9.17) is 8.83 Å². The molecular formula is C20H26N4O4. The summed E-state index contributed by atoms with van der Waals surface area (Å²) in [6.45, 7) is 3.66. The minimum absolute atomic E-state index is 0.0434. The van der Waals surface area contributed by atoms with Crippen LogP contribution in [-0.4, -0.2) is 23.2 Å². The Labute approximate surface area is 164 Å². The molecule has 2 aromatic heterocycles. The third-order valence-electron chi connectivity index (χ3n) is 3.95. The Balaban J connectivity index is 1.59. The maximum atomic E-state index is 11.8. The number of hydrazone groups is 2. The van der Waals surface area contributed by atoms with Gasteiger partial charge in [-0.2, -0.15) is 10.2 Å². The molecule has 0 saturated heterocycles. The Morgan fingerprint density at radius 3 is 1.57 bits per heavy atom. The van der Waals surface area contributed by atoms with Crippen LogP contribution in [0.5, 0.6) is 0 Å². The number of carbonyl (C=O) groups is 2. The fourth-order valence-corrected chi connectivity index (χ4v) is 2.28. The Kier molecular flexibility index (Phi) is 8.71. The molecule has 0 saturated carbocycles. The quantitative estimate of drug-likeness (QED) is 0.456. The molecule has 2 aromatic rings. The van der Waals surface area contributed by atoms with Crippen LogP contribution in [0.25, 0.3) is 0 Å². The summed E-state index contributed by atoms with van der Waals surface area (Å²) in [5, 5.41) is 8.06. The van der Waals surface area contributed by atoms with Gasteiger partial charge in [0.25, 0.3) is 0 Å². The van der Waals surface area contributed by atoms with E-state index in [-0.39, 0.29) is 24.7 Å². The van der Waals surface area contributed by atoms with Crippen molar-refractivity contribution in [2.45, 2.75) is 52.4 Å². The highest BCUT2D eigenvalue weighted by molar-refractivity contribution is 5.87. The molecule has 2 heterocycles. The zero-order valence-electron chi connectivity index (χ0n) is 16.2. The molecule has 0 unspecified atom stereocenters. The summed E-state index contributed by atoms with van der Waals surface area (Å²) in [7, 11) is 0. The molecule has 8 nitrogen and oxygen atoms in total. The molecule has 8 heteroatoms. The monoisotopic (exact) mass is 386 g/mol. The Morgan fingerprint density at radius 1 is 0.786 bits per heavy atom. The molecule has 0 bridgehead atoms. The number of hydrogen-bond acceptors (Lipinski definition) is 6. The molecular weight excluding hydrogens is 360 g/mol. The van der Waals surface area contributed by atoms with E-state index < -0.39 is 0 Å². The minimum atomic E-state index is -0.314. The van der Waals surface area contributed by atoms with E-state index in [1.165, 1.54) is 0 Å². The number of nitrogens with one attached hydrogen (secondary N) is 2. The van der Waals surface area contributed by atoms with Crippen LogP contribution in [0.3, 0.4) is 0 Å². The molecule has 150 valence electrons. The average Bonchev–Trinajstić information content (AvgIpc) is 3.39. The second-order valence-corrected chi connectivity index (χ2v) is 6.42. The topological polar surface area (TPSA) is 109 Å². The minimum Gasteiger partial charge on any atom is -0.469 e. The van der Waals surface area contributed by atoms with Crippen molar-refractivity contribution >= 4 is 23.2 Å². The van der Waals surface area contributed by atoms with E-state index in [0.717, 1.165) is 35.8 Å². The lowest BCUT2D eigenvalue weighted by molar-refractivity contribution is -0.126.